The molecule has 2 rings (SSSR count). The van der Waals surface area contributed by atoms with Crippen LogP contribution in [0.5, 0.6) is 0 Å². The normalized spacial score (nSPS) is 11.3. The van der Waals surface area contributed by atoms with Crippen molar-refractivity contribution in [2.24, 2.45) is 0 Å². The first kappa shape index (κ1) is 14.9. The van der Waals surface area contributed by atoms with E-state index in [1.807, 2.05) is 0 Å². The van der Waals surface area contributed by atoms with Crippen LogP contribution in [0.15, 0.2) is 23.1 Å². The zero-order valence-corrected chi connectivity index (χ0v) is 12.2. The molecule has 0 fully saturated rings. The Labute approximate surface area is 121 Å². The van der Waals surface area contributed by atoms with Crippen molar-refractivity contribution in [2.75, 3.05) is 10.5 Å². The molecule has 0 aliphatic carbocycles. The van der Waals surface area contributed by atoms with Crippen LogP contribution in [0.4, 0.5) is 11.5 Å². The Hall–Kier alpha value is -2.55. The SMILES string of the molecule is Cc1[nH]nc(NS(=O)(=O)c2ccc(C(=O)O)cc2N)c1C. The van der Waals surface area contributed by atoms with Gasteiger partial charge < -0.3 is 10.8 Å². The number of anilines is 2. The summed E-state index contributed by atoms with van der Waals surface area (Å²) in [6.45, 7) is 3.48. The molecule has 0 bridgehead atoms. The molecule has 2 aromatic rings. The molecule has 0 unspecified atom stereocenters. The van der Waals surface area contributed by atoms with Crippen LogP contribution in [0.2, 0.25) is 0 Å². The van der Waals surface area contributed by atoms with Gasteiger partial charge in [0.05, 0.1) is 11.3 Å². The summed E-state index contributed by atoms with van der Waals surface area (Å²) in [6, 6.07) is 3.42. The Balaban J connectivity index is 2.40. The van der Waals surface area contributed by atoms with Gasteiger partial charge in [-0.1, -0.05) is 0 Å². The molecule has 8 nitrogen and oxygen atoms in total. The second kappa shape index (κ2) is 5.09. The van der Waals surface area contributed by atoms with E-state index in [9.17, 15) is 13.2 Å². The van der Waals surface area contributed by atoms with E-state index in [1.54, 1.807) is 13.8 Å². The van der Waals surface area contributed by atoms with E-state index in [-0.39, 0.29) is 22.0 Å². The molecule has 0 amide bonds. The number of nitrogen functional groups attached to an aromatic ring is 1. The largest absolute Gasteiger partial charge is 0.478 e. The van der Waals surface area contributed by atoms with Crippen molar-refractivity contribution in [3.63, 3.8) is 0 Å². The van der Waals surface area contributed by atoms with Crippen molar-refractivity contribution in [1.29, 1.82) is 0 Å². The first-order valence-corrected chi connectivity index (χ1v) is 7.38. The highest BCUT2D eigenvalue weighted by Crippen LogP contribution is 2.24. The number of hydrogen-bond donors (Lipinski definition) is 4. The van der Waals surface area contributed by atoms with Crippen molar-refractivity contribution < 1.29 is 18.3 Å². The van der Waals surface area contributed by atoms with Gasteiger partial charge in [0.1, 0.15) is 4.90 Å². The maximum Gasteiger partial charge on any atom is 0.335 e. The molecule has 112 valence electrons. The second-order valence-corrected chi connectivity index (χ2v) is 6.14. The molecule has 1 heterocycles. The molecule has 0 saturated carbocycles. The van der Waals surface area contributed by atoms with E-state index in [4.69, 9.17) is 10.8 Å². The Morgan fingerprint density at radius 2 is 2.05 bits per heavy atom. The van der Waals surface area contributed by atoms with Crippen LogP contribution < -0.4 is 10.5 Å². The molecule has 9 heteroatoms. The number of nitrogens with zero attached hydrogens (tertiary/aromatic N) is 1. The molecule has 21 heavy (non-hydrogen) atoms. The summed E-state index contributed by atoms with van der Waals surface area (Å²) >= 11 is 0. The summed E-state index contributed by atoms with van der Waals surface area (Å²) in [6.07, 6.45) is 0. The number of aromatic carboxylic acids is 1. The van der Waals surface area contributed by atoms with E-state index in [2.05, 4.69) is 14.9 Å². The lowest BCUT2D eigenvalue weighted by Gasteiger charge is -2.09. The summed E-state index contributed by atoms with van der Waals surface area (Å²) in [4.78, 5) is 10.6. The number of aromatic nitrogens is 2. The number of sulfonamides is 1. The fourth-order valence-electron chi connectivity index (χ4n) is 1.69. The third-order valence-corrected chi connectivity index (χ3v) is 4.44. The van der Waals surface area contributed by atoms with E-state index in [0.29, 0.717) is 5.56 Å². The van der Waals surface area contributed by atoms with Crippen LogP contribution in [-0.4, -0.2) is 29.7 Å². The number of hydrogen-bond acceptors (Lipinski definition) is 5. The molecule has 0 aliphatic heterocycles. The highest BCUT2D eigenvalue weighted by molar-refractivity contribution is 7.92. The maximum atomic E-state index is 12.3. The third kappa shape index (κ3) is 2.82. The maximum absolute atomic E-state index is 12.3. The van der Waals surface area contributed by atoms with Crippen molar-refractivity contribution in [1.82, 2.24) is 10.2 Å². The predicted molar refractivity (Wildman–Crippen MR) is 76.7 cm³/mol. The van der Waals surface area contributed by atoms with E-state index in [0.717, 1.165) is 17.8 Å². The van der Waals surface area contributed by atoms with E-state index >= 15 is 0 Å². The summed E-state index contributed by atoms with van der Waals surface area (Å²) in [7, 11) is -3.95. The van der Waals surface area contributed by atoms with Gasteiger partial charge >= 0.3 is 5.97 Å². The van der Waals surface area contributed by atoms with Gasteiger partial charge in [0.2, 0.25) is 0 Å². The van der Waals surface area contributed by atoms with Gasteiger partial charge in [-0.2, -0.15) is 5.10 Å². The highest BCUT2D eigenvalue weighted by atomic mass is 32.2. The van der Waals surface area contributed by atoms with Crippen LogP contribution in [-0.2, 0) is 10.0 Å². The van der Waals surface area contributed by atoms with Gasteiger partial charge in [0.15, 0.2) is 5.82 Å². The average molecular weight is 310 g/mol. The molecular formula is C12H14N4O4S. The van der Waals surface area contributed by atoms with Crippen LogP contribution in [0, 0.1) is 13.8 Å². The lowest BCUT2D eigenvalue weighted by molar-refractivity contribution is 0.0697. The van der Waals surface area contributed by atoms with Crippen LogP contribution >= 0.6 is 0 Å². The molecule has 0 saturated heterocycles. The Bertz CT molecular complexity index is 811. The number of aryl methyl sites for hydroxylation is 1. The van der Waals surface area contributed by atoms with Crippen LogP contribution in [0.3, 0.4) is 0 Å². The summed E-state index contributed by atoms with van der Waals surface area (Å²) in [5, 5.41) is 15.4. The molecule has 0 atom stereocenters. The second-order valence-electron chi connectivity index (χ2n) is 4.49. The average Bonchev–Trinajstić information content (AvgIpc) is 2.69. The minimum absolute atomic E-state index is 0.0850. The van der Waals surface area contributed by atoms with Crippen LogP contribution in [0.25, 0.3) is 0 Å². The van der Waals surface area contributed by atoms with Crippen molar-refractivity contribution in [3.05, 3.63) is 35.0 Å². The monoisotopic (exact) mass is 310 g/mol. The quantitative estimate of drug-likeness (QED) is 0.624. The van der Waals surface area contributed by atoms with Gasteiger partial charge in [-0.15, -0.1) is 0 Å². The van der Waals surface area contributed by atoms with Gasteiger partial charge in [-0.25, -0.2) is 13.2 Å². The topological polar surface area (TPSA) is 138 Å². The number of nitrogens with two attached hydrogens (primary N) is 1. The van der Waals surface area contributed by atoms with Crippen molar-refractivity contribution in [2.45, 2.75) is 18.7 Å². The highest BCUT2D eigenvalue weighted by Gasteiger charge is 2.21. The summed E-state index contributed by atoms with van der Waals surface area (Å²) in [5.74, 6) is -1.01. The Kier molecular flexibility index (Phi) is 3.60. The van der Waals surface area contributed by atoms with Crippen LogP contribution in [0.1, 0.15) is 21.6 Å². The molecule has 0 radical (unpaired) electrons. The standard InChI is InChI=1S/C12H14N4O4S/c1-6-7(2)14-15-11(6)16-21(19,20)10-4-3-8(12(17)18)5-9(10)13/h3-5H,13H2,1-2H3,(H,17,18)(H2,14,15,16). The molecule has 0 aliphatic rings. The zero-order chi connectivity index (χ0) is 15.8. The number of carboxylic acids is 1. The fourth-order valence-corrected chi connectivity index (χ4v) is 2.87. The van der Waals surface area contributed by atoms with Gasteiger partial charge in [0, 0.05) is 11.3 Å². The third-order valence-electron chi connectivity index (χ3n) is 3.03. The first-order valence-electron chi connectivity index (χ1n) is 5.89. The fraction of sp³-hybridized carbons (Fsp3) is 0.167. The number of carbonyl (C=O) groups is 1. The number of carboxylic acid groups (broad SMARTS) is 1. The first-order chi connectivity index (χ1) is 9.72. The summed E-state index contributed by atoms with van der Waals surface area (Å²) < 4.78 is 26.9. The predicted octanol–water partition coefficient (Wildman–Crippen LogP) is 1.11. The number of aromatic amines is 1. The minimum Gasteiger partial charge on any atom is -0.478 e. The van der Waals surface area contributed by atoms with Gasteiger partial charge in [0.25, 0.3) is 10.0 Å². The number of nitrogens with one attached hydrogen (secondary N) is 2. The lowest BCUT2D eigenvalue weighted by atomic mass is 10.2. The van der Waals surface area contributed by atoms with Crippen molar-refractivity contribution in [3.8, 4) is 0 Å². The molecule has 1 aromatic carbocycles. The molecule has 5 N–H and O–H groups in total. The lowest BCUT2D eigenvalue weighted by Crippen LogP contribution is -2.16. The van der Waals surface area contributed by atoms with Crippen molar-refractivity contribution >= 4 is 27.5 Å². The zero-order valence-electron chi connectivity index (χ0n) is 11.3. The molecule has 0 spiro atoms. The molecular weight excluding hydrogens is 296 g/mol. The van der Waals surface area contributed by atoms with Gasteiger partial charge in [-0.05, 0) is 32.0 Å². The van der Waals surface area contributed by atoms with Gasteiger partial charge in [-0.3, -0.25) is 9.82 Å². The Morgan fingerprint density at radius 3 is 2.52 bits per heavy atom. The number of H-pyrrole nitrogens is 1. The molecule has 1 aromatic heterocycles. The number of benzene rings is 1. The number of rotatable bonds is 4. The minimum atomic E-state index is -3.95. The van der Waals surface area contributed by atoms with E-state index < -0.39 is 16.0 Å². The smallest absolute Gasteiger partial charge is 0.335 e. The van der Waals surface area contributed by atoms with E-state index in [1.165, 1.54) is 6.07 Å². The Morgan fingerprint density at radius 1 is 1.38 bits per heavy atom. The summed E-state index contributed by atoms with van der Waals surface area (Å²) in [5.41, 5.74) is 6.80.